The Labute approximate surface area is 219 Å². The maximum absolute atomic E-state index is 13.2. The number of imidazole rings is 2. The number of halogens is 1. The number of nitrogens with one attached hydrogen (secondary N) is 1. The van der Waals surface area contributed by atoms with Crippen molar-refractivity contribution in [3.8, 4) is 0 Å². The standard InChI is InChI=1S/C11H16N4O4.C10H12FN5O4/c16-3-8-6(17)1-9(19-8)15-5-14-10-7(18)2-12-4-13-11(10)15;11-10-14-7(12)4-8(15-10)16(2-13-4)9-6(19)5(18)3(1-17)20-9/h4-9,16-18H,1-3H2,(H,12,13);2-3,5-6,9,17-19H,1H2,(H2,12,14,15)/t6-,7+,8+,9+;3-,5-,6+,9-/m01/s1. The van der Waals surface area contributed by atoms with Crippen LogP contribution < -0.4 is 11.1 Å². The van der Waals surface area contributed by atoms with Crippen LogP contribution in [0.4, 0.5) is 16.0 Å². The second kappa shape index (κ2) is 11.0. The minimum Gasteiger partial charge on any atom is -0.394 e. The molecule has 6 rings (SSSR count). The Kier molecular flexibility index (Phi) is 7.69. The van der Waals surface area contributed by atoms with E-state index in [1.807, 2.05) is 0 Å². The minimum atomic E-state index is -1.32. The van der Waals surface area contributed by atoms with Gasteiger partial charge in [0.05, 0.1) is 38.3 Å². The molecule has 0 aromatic carbocycles. The van der Waals surface area contributed by atoms with Crippen LogP contribution in [0.5, 0.6) is 0 Å². The van der Waals surface area contributed by atoms with E-state index in [9.17, 15) is 24.8 Å². The lowest BCUT2D eigenvalue weighted by atomic mass is 10.1. The Bertz CT molecular complexity index is 1340. The van der Waals surface area contributed by atoms with Gasteiger partial charge in [-0.25, -0.2) is 15.0 Å². The third-order valence-electron chi connectivity index (χ3n) is 6.61. The van der Waals surface area contributed by atoms with Crippen molar-refractivity contribution >= 4 is 29.1 Å². The molecular formula is C21H28FN9O8. The predicted molar refractivity (Wildman–Crippen MR) is 128 cm³/mol. The fourth-order valence-corrected chi connectivity index (χ4v) is 4.57. The lowest BCUT2D eigenvalue weighted by Gasteiger charge is -2.16. The zero-order valence-electron chi connectivity index (χ0n) is 20.3. The molecule has 0 spiro atoms. The molecular weight excluding hydrogens is 525 g/mol. The molecule has 18 heteroatoms. The first-order chi connectivity index (χ1) is 18.7. The number of hydrogen-bond donors (Lipinski definition) is 8. The number of hydrogen-bond acceptors (Lipinski definition) is 15. The van der Waals surface area contributed by atoms with Crippen LogP contribution in [0.3, 0.4) is 0 Å². The minimum absolute atomic E-state index is 0.0323. The van der Waals surface area contributed by atoms with Gasteiger partial charge in [0.1, 0.15) is 42.4 Å². The Balaban J connectivity index is 0.000000158. The molecule has 2 saturated heterocycles. The van der Waals surface area contributed by atoms with E-state index in [0.29, 0.717) is 24.5 Å². The number of aliphatic imine (C=N–C) groups is 1. The first-order valence-electron chi connectivity index (χ1n) is 12.0. The number of aromatic nitrogens is 6. The summed E-state index contributed by atoms with van der Waals surface area (Å²) in [7, 11) is 0. The van der Waals surface area contributed by atoms with Gasteiger partial charge >= 0.3 is 6.08 Å². The fourth-order valence-electron chi connectivity index (χ4n) is 4.57. The first kappa shape index (κ1) is 27.2. The number of nitrogen functional groups attached to an aromatic ring is 1. The second-order valence-corrected chi connectivity index (χ2v) is 9.09. The molecule has 3 aliphatic rings. The van der Waals surface area contributed by atoms with E-state index in [1.54, 1.807) is 4.57 Å². The van der Waals surface area contributed by atoms with Crippen molar-refractivity contribution in [3.05, 3.63) is 24.4 Å². The van der Waals surface area contributed by atoms with Crippen LogP contribution in [-0.2, 0) is 9.47 Å². The normalized spacial score (nSPS) is 32.0. The highest BCUT2D eigenvalue weighted by molar-refractivity contribution is 5.81. The number of anilines is 1. The molecule has 3 aliphatic heterocycles. The molecule has 2 fully saturated rings. The molecule has 17 nitrogen and oxygen atoms in total. The number of β-amino-alcohol motifs (C(OH)–C–C–N with tert-alkyl or cyclic N) is 1. The summed E-state index contributed by atoms with van der Waals surface area (Å²) in [6.45, 7) is -0.351. The number of nitrogens with zero attached hydrogens (tertiary/aromatic N) is 7. The van der Waals surface area contributed by atoms with E-state index < -0.39 is 61.8 Å². The van der Waals surface area contributed by atoms with Crippen molar-refractivity contribution in [2.75, 3.05) is 25.5 Å². The molecule has 3 aromatic rings. The van der Waals surface area contributed by atoms with Crippen molar-refractivity contribution < 1.29 is 44.5 Å². The van der Waals surface area contributed by atoms with Crippen LogP contribution in [-0.4, -0.2) is 116 Å². The van der Waals surface area contributed by atoms with Gasteiger partial charge < -0.3 is 51.2 Å². The zero-order chi connectivity index (χ0) is 27.8. The Hall–Kier alpha value is -3.36. The molecule has 0 radical (unpaired) electrons. The summed E-state index contributed by atoms with van der Waals surface area (Å²) in [4.78, 5) is 19.2. The topological polar surface area (TPSA) is 252 Å². The van der Waals surface area contributed by atoms with Crippen LogP contribution in [0, 0.1) is 6.08 Å². The fraction of sp³-hybridized carbons (Fsp3) is 0.571. The number of aliphatic hydroxyl groups excluding tert-OH is 6. The smallest absolute Gasteiger partial charge is 0.312 e. The molecule has 8 atom stereocenters. The van der Waals surface area contributed by atoms with E-state index in [1.165, 1.54) is 23.6 Å². The average Bonchev–Trinajstić information content (AvgIpc) is 3.65. The summed E-state index contributed by atoms with van der Waals surface area (Å²) in [6, 6.07) is 0. The summed E-state index contributed by atoms with van der Waals surface area (Å²) in [5.41, 5.74) is 6.19. The quantitative estimate of drug-likeness (QED) is 0.150. The highest BCUT2D eigenvalue weighted by atomic mass is 19.1. The summed E-state index contributed by atoms with van der Waals surface area (Å²) in [5, 5.41) is 60.3. The van der Waals surface area contributed by atoms with Gasteiger partial charge in [0, 0.05) is 13.0 Å². The highest BCUT2D eigenvalue weighted by Gasteiger charge is 2.44. The predicted octanol–water partition coefficient (Wildman–Crippen LogP) is -3.02. The maximum Gasteiger partial charge on any atom is 0.312 e. The maximum atomic E-state index is 13.2. The molecule has 0 unspecified atom stereocenters. The van der Waals surface area contributed by atoms with Gasteiger partial charge in [-0.15, -0.1) is 0 Å². The van der Waals surface area contributed by atoms with Crippen molar-refractivity contribution in [2.45, 2.75) is 55.5 Å². The highest BCUT2D eigenvalue weighted by Crippen LogP contribution is 2.35. The molecule has 212 valence electrons. The van der Waals surface area contributed by atoms with E-state index in [-0.39, 0.29) is 23.6 Å². The van der Waals surface area contributed by atoms with Crippen LogP contribution in [0.1, 0.15) is 30.7 Å². The molecule has 3 aromatic heterocycles. The number of aliphatic hydroxyl groups is 6. The molecule has 6 heterocycles. The van der Waals surface area contributed by atoms with E-state index >= 15 is 0 Å². The lowest BCUT2D eigenvalue weighted by Crippen LogP contribution is -2.33. The van der Waals surface area contributed by atoms with Gasteiger partial charge in [0.25, 0.3) is 0 Å². The van der Waals surface area contributed by atoms with E-state index in [4.69, 9.17) is 25.4 Å². The molecule has 0 amide bonds. The SMILES string of the molecule is Nc1nc(F)nc2c1ncn2[C@@H]1O[C@H](CO)[C@@H](O)[C@@H]1O.OC[C@H]1O[C@@H](n2cnc3c2N=CNC[C@H]3O)C[C@@H]1O. The Morgan fingerprint density at radius 3 is 2.44 bits per heavy atom. The Morgan fingerprint density at radius 1 is 1.00 bits per heavy atom. The monoisotopic (exact) mass is 553 g/mol. The van der Waals surface area contributed by atoms with E-state index in [2.05, 4.69) is 30.2 Å². The van der Waals surface area contributed by atoms with Crippen LogP contribution in [0.2, 0.25) is 0 Å². The largest absolute Gasteiger partial charge is 0.394 e. The number of rotatable bonds is 4. The van der Waals surface area contributed by atoms with Gasteiger partial charge in [0.15, 0.2) is 29.0 Å². The van der Waals surface area contributed by atoms with Gasteiger partial charge in [-0.05, 0) is 0 Å². The van der Waals surface area contributed by atoms with Gasteiger partial charge in [-0.3, -0.25) is 9.13 Å². The molecule has 0 saturated carbocycles. The molecule has 9 N–H and O–H groups in total. The number of nitrogens with two attached hydrogens (primary N) is 1. The zero-order valence-corrected chi connectivity index (χ0v) is 20.3. The van der Waals surface area contributed by atoms with Crippen molar-refractivity contribution in [1.29, 1.82) is 0 Å². The van der Waals surface area contributed by atoms with E-state index in [0.717, 1.165) is 0 Å². The van der Waals surface area contributed by atoms with Gasteiger partial charge in [0.2, 0.25) is 0 Å². The first-order valence-corrected chi connectivity index (χ1v) is 12.0. The molecule has 0 aliphatic carbocycles. The summed E-state index contributed by atoms with van der Waals surface area (Å²) < 4.78 is 27.0. The summed E-state index contributed by atoms with van der Waals surface area (Å²) in [6.07, 6.45) is -3.48. The van der Waals surface area contributed by atoms with Crippen LogP contribution >= 0.6 is 0 Å². The third kappa shape index (κ3) is 5.03. The number of fused-ring (bicyclic) bond motifs is 2. The second-order valence-electron chi connectivity index (χ2n) is 9.09. The summed E-state index contributed by atoms with van der Waals surface area (Å²) >= 11 is 0. The third-order valence-corrected chi connectivity index (χ3v) is 6.61. The summed E-state index contributed by atoms with van der Waals surface area (Å²) in [5.74, 6) is 0.367. The average molecular weight is 554 g/mol. The van der Waals surface area contributed by atoms with Crippen molar-refractivity contribution in [1.82, 2.24) is 34.4 Å². The Morgan fingerprint density at radius 2 is 1.74 bits per heavy atom. The van der Waals surface area contributed by atoms with Crippen LogP contribution in [0.25, 0.3) is 11.2 Å². The lowest BCUT2D eigenvalue weighted by molar-refractivity contribution is -0.0511. The van der Waals surface area contributed by atoms with Gasteiger partial charge in [-0.2, -0.15) is 14.4 Å². The van der Waals surface area contributed by atoms with Crippen molar-refractivity contribution in [2.24, 2.45) is 4.99 Å². The molecule has 39 heavy (non-hydrogen) atoms. The van der Waals surface area contributed by atoms with Gasteiger partial charge in [-0.1, -0.05) is 0 Å². The molecule has 0 bridgehead atoms. The van der Waals surface area contributed by atoms with Crippen molar-refractivity contribution in [3.63, 3.8) is 0 Å². The number of ether oxygens (including phenoxy) is 2. The van der Waals surface area contributed by atoms with Crippen LogP contribution in [0.15, 0.2) is 17.6 Å².